The molecule has 0 saturated carbocycles. The van der Waals surface area contributed by atoms with Crippen molar-refractivity contribution in [3.8, 4) is 5.75 Å². The highest BCUT2D eigenvalue weighted by molar-refractivity contribution is 5.49. The van der Waals surface area contributed by atoms with Crippen LogP contribution >= 0.6 is 0 Å². The van der Waals surface area contributed by atoms with Crippen LogP contribution < -0.4 is 0 Å². The molecule has 114 valence electrons. The van der Waals surface area contributed by atoms with Crippen LogP contribution in [-0.2, 0) is 0 Å². The number of benzene rings is 2. The zero-order valence-corrected chi connectivity index (χ0v) is 12.7. The minimum atomic E-state index is -0.176. The fourth-order valence-electron chi connectivity index (χ4n) is 4.48. The summed E-state index contributed by atoms with van der Waals surface area (Å²) in [5.74, 6) is 0.818. The normalized spacial score (nSPS) is 27.5. The minimum absolute atomic E-state index is 0.176. The van der Waals surface area contributed by atoms with E-state index in [1.54, 1.807) is 18.2 Å². The lowest BCUT2D eigenvalue weighted by Gasteiger charge is -2.37. The number of aromatic hydroxyl groups is 1. The summed E-state index contributed by atoms with van der Waals surface area (Å²) in [7, 11) is 2.15. The number of nitrogens with zero attached hydrogens (tertiary/aromatic N) is 1. The fraction of sp³-hybridized carbons (Fsp3) is 0.368. The number of hydrogen-bond acceptors (Lipinski definition) is 2. The molecule has 0 aromatic heterocycles. The minimum Gasteiger partial charge on any atom is -0.508 e. The molecule has 0 spiro atoms. The van der Waals surface area contributed by atoms with Crippen molar-refractivity contribution in [3.05, 3.63) is 65.0 Å². The van der Waals surface area contributed by atoms with Gasteiger partial charge in [-0.25, -0.2) is 4.39 Å². The molecule has 4 rings (SSSR count). The lowest BCUT2D eigenvalue weighted by Crippen LogP contribution is -2.34. The maximum absolute atomic E-state index is 13.7. The van der Waals surface area contributed by atoms with Crippen LogP contribution in [-0.4, -0.2) is 23.6 Å². The molecular formula is C19H20FNO. The lowest BCUT2D eigenvalue weighted by molar-refractivity contribution is 0.126. The Bertz CT molecular complexity index is 714. The van der Waals surface area contributed by atoms with E-state index < -0.39 is 0 Å². The van der Waals surface area contributed by atoms with Gasteiger partial charge in [0.25, 0.3) is 0 Å². The van der Waals surface area contributed by atoms with Gasteiger partial charge in [-0.2, -0.15) is 0 Å². The van der Waals surface area contributed by atoms with Gasteiger partial charge in [-0.05, 0) is 73.3 Å². The smallest absolute Gasteiger partial charge is 0.123 e. The predicted octanol–water partition coefficient (Wildman–Crippen LogP) is 4.06. The molecule has 0 amide bonds. The highest BCUT2D eigenvalue weighted by Gasteiger charge is 2.44. The van der Waals surface area contributed by atoms with Gasteiger partial charge in [0.15, 0.2) is 0 Å². The zero-order valence-electron chi connectivity index (χ0n) is 12.7. The number of piperidine rings is 1. The van der Waals surface area contributed by atoms with E-state index in [9.17, 15) is 9.50 Å². The molecule has 1 saturated heterocycles. The van der Waals surface area contributed by atoms with E-state index in [-0.39, 0.29) is 11.7 Å². The Morgan fingerprint density at radius 1 is 1.14 bits per heavy atom. The summed E-state index contributed by atoms with van der Waals surface area (Å²) in [6, 6.07) is 13.0. The summed E-state index contributed by atoms with van der Waals surface area (Å²) in [5, 5.41) is 9.90. The van der Waals surface area contributed by atoms with Crippen molar-refractivity contribution >= 4 is 0 Å². The Balaban J connectivity index is 1.88. The highest BCUT2D eigenvalue weighted by atomic mass is 19.1. The van der Waals surface area contributed by atoms with E-state index >= 15 is 0 Å². The maximum atomic E-state index is 13.7. The monoisotopic (exact) mass is 297 g/mol. The molecule has 2 aromatic rings. The second kappa shape index (κ2) is 5.10. The van der Waals surface area contributed by atoms with Gasteiger partial charge in [-0.15, -0.1) is 0 Å². The second-order valence-corrected chi connectivity index (χ2v) is 6.58. The number of likely N-dealkylation sites (tertiary alicyclic amines) is 1. The van der Waals surface area contributed by atoms with E-state index in [0.29, 0.717) is 17.7 Å². The summed E-state index contributed by atoms with van der Waals surface area (Å²) in [5.41, 5.74) is 3.50. The van der Waals surface area contributed by atoms with Gasteiger partial charge in [0.1, 0.15) is 11.6 Å². The number of hydrogen-bond donors (Lipinski definition) is 1. The third-order valence-corrected chi connectivity index (χ3v) is 5.29. The maximum Gasteiger partial charge on any atom is 0.123 e. The largest absolute Gasteiger partial charge is 0.508 e. The molecule has 1 N–H and O–H groups in total. The Morgan fingerprint density at radius 3 is 2.82 bits per heavy atom. The number of phenols is 1. The van der Waals surface area contributed by atoms with E-state index in [2.05, 4.69) is 11.9 Å². The van der Waals surface area contributed by atoms with E-state index in [1.807, 2.05) is 18.2 Å². The van der Waals surface area contributed by atoms with Crippen molar-refractivity contribution in [3.63, 3.8) is 0 Å². The molecule has 1 heterocycles. The molecule has 3 unspecified atom stereocenters. The van der Waals surface area contributed by atoms with Crippen molar-refractivity contribution in [2.45, 2.75) is 24.8 Å². The van der Waals surface area contributed by atoms with Crippen molar-refractivity contribution < 1.29 is 9.50 Å². The Labute approximate surface area is 130 Å². The summed E-state index contributed by atoms with van der Waals surface area (Å²) in [6.07, 6.45) is 2.31. The second-order valence-electron chi connectivity index (χ2n) is 6.58. The molecule has 0 bridgehead atoms. The number of halogens is 1. The first-order chi connectivity index (χ1) is 10.6. The van der Waals surface area contributed by atoms with Crippen LogP contribution in [0.4, 0.5) is 4.39 Å². The van der Waals surface area contributed by atoms with E-state index in [1.165, 1.54) is 23.6 Å². The molecule has 1 fully saturated rings. The Morgan fingerprint density at radius 2 is 2.00 bits per heavy atom. The van der Waals surface area contributed by atoms with Crippen LogP contribution in [0.2, 0.25) is 0 Å². The molecule has 2 nitrogen and oxygen atoms in total. The van der Waals surface area contributed by atoms with Crippen molar-refractivity contribution in [1.82, 2.24) is 4.90 Å². The van der Waals surface area contributed by atoms with Gasteiger partial charge in [-0.1, -0.05) is 18.2 Å². The Hall–Kier alpha value is -1.87. The first kappa shape index (κ1) is 13.8. The molecule has 0 radical (unpaired) electrons. The van der Waals surface area contributed by atoms with Crippen molar-refractivity contribution in [2.24, 2.45) is 5.92 Å². The van der Waals surface area contributed by atoms with Gasteiger partial charge in [0.05, 0.1) is 0 Å². The van der Waals surface area contributed by atoms with Crippen LogP contribution in [0.3, 0.4) is 0 Å². The summed E-state index contributed by atoms with van der Waals surface area (Å²) in [4.78, 5) is 2.38. The van der Waals surface area contributed by atoms with E-state index in [4.69, 9.17) is 0 Å². The summed E-state index contributed by atoms with van der Waals surface area (Å²) >= 11 is 0. The summed E-state index contributed by atoms with van der Waals surface area (Å²) < 4.78 is 13.7. The average molecular weight is 297 g/mol. The summed E-state index contributed by atoms with van der Waals surface area (Å²) in [6.45, 7) is 1.08. The van der Waals surface area contributed by atoms with Gasteiger partial charge < -0.3 is 5.11 Å². The molecule has 1 aliphatic carbocycles. The van der Waals surface area contributed by atoms with Gasteiger partial charge in [0.2, 0.25) is 0 Å². The third kappa shape index (κ3) is 2.03. The molecule has 2 aliphatic rings. The first-order valence-electron chi connectivity index (χ1n) is 7.93. The van der Waals surface area contributed by atoms with Crippen LogP contribution in [0.25, 0.3) is 0 Å². The topological polar surface area (TPSA) is 23.5 Å². The molecule has 3 heteroatoms. The SMILES string of the molecule is CN1CCCC2C(c3cccc(F)c3)c3ccc(O)cc3C21. The third-order valence-electron chi connectivity index (χ3n) is 5.29. The Kier molecular flexibility index (Phi) is 3.19. The quantitative estimate of drug-likeness (QED) is 0.858. The van der Waals surface area contributed by atoms with Gasteiger partial charge in [-0.3, -0.25) is 4.90 Å². The molecule has 2 aromatic carbocycles. The van der Waals surface area contributed by atoms with E-state index in [0.717, 1.165) is 18.5 Å². The van der Waals surface area contributed by atoms with Crippen LogP contribution in [0.5, 0.6) is 5.75 Å². The molecular weight excluding hydrogens is 277 g/mol. The van der Waals surface area contributed by atoms with Gasteiger partial charge in [0, 0.05) is 12.0 Å². The molecule has 22 heavy (non-hydrogen) atoms. The number of fused-ring (bicyclic) bond motifs is 3. The van der Waals surface area contributed by atoms with Crippen molar-refractivity contribution in [2.75, 3.05) is 13.6 Å². The van der Waals surface area contributed by atoms with Crippen LogP contribution in [0.1, 0.15) is 41.5 Å². The predicted molar refractivity (Wildman–Crippen MR) is 84.4 cm³/mol. The average Bonchev–Trinajstić information content (AvgIpc) is 2.82. The lowest BCUT2D eigenvalue weighted by atomic mass is 9.80. The standard InChI is InChI=1S/C19H20FNO/c1-21-9-3-6-16-18(12-4-2-5-13(20)10-12)15-8-7-14(22)11-17(15)19(16)21/h2,4-5,7-8,10-11,16,18-19,22H,3,6,9H2,1H3. The van der Waals surface area contributed by atoms with Gasteiger partial charge >= 0.3 is 0 Å². The first-order valence-corrected chi connectivity index (χ1v) is 7.93. The molecule has 3 atom stereocenters. The zero-order chi connectivity index (χ0) is 15.3. The fourth-order valence-corrected chi connectivity index (χ4v) is 4.48. The molecule has 1 aliphatic heterocycles. The number of rotatable bonds is 1. The van der Waals surface area contributed by atoms with Crippen molar-refractivity contribution in [1.29, 1.82) is 0 Å². The number of phenolic OH excluding ortho intramolecular Hbond substituents is 1. The van der Waals surface area contributed by atoms with Crippen LogP contribution in [0, 0.1) is 11.7 Å². The highest BCUT2D eigenvalue weighted by Crippen LogP contribution is 2.54. The van der Waals surface area contributed by atoms with Crippen LogP contribution in [0.15, 0.2) is 42.5 Å².